The van der Waals surface area contributed by atoms with Gasteiger partial charge in [0, 0.05) is 6.32 Å². The molecule has 20 heavy (non-hydrogen) atoms. The molecular weight excluding hydrogens is 263 g/mol. The van der Waals surface area contributed by atoms with E-state index in [1.807, 2.05) is 0 Å². The van der Waals surface area contributed by atoms with Gasteiger partial charge < -0.3 is 18.8 Å². The molecule has 0 aliphatic carbocycles. The van der Waals surface area contributed by atoms with E-state index in [9.17, 15) is 9.59 Å². The lowest BCUT2D eigenvalue weighted by atomic mass is 9.85. The Balaban J connectivity index is 2.77. The van der Waals surface area contributed by atoms with Crippen molar-refractivity contribution in [2.75, 3.05) is 0 Å². The zero-order chi connectivity index (χ0) is 15.3. The number of carbonyl (C=O) groups excluding carboxylic acids is 2. The first-order valence-corrected chi connectivity index (χ1v) is 6.68. The smallest absolute Gasteiger partial charge is 0.461 e. The van der Waals surface area contributed by atoms with Crippen molar-refractivity contribution in [3.8, 4) is 0 Å². The third-order valence-electron chi connectivity index (χ3n) is 2.40. The van der Waals surface area contributed by atoms with Crippen molar-refractivity contribution >= 4 is 19.1 Å². The highest BCUT2D eigenvalue weighted by Gasteiger charge is 2.48. The highest BCUT2D eigenvalue weighted by Crippen LogP contribution is 2.22. The molecule has 1 fully saturated rings. The first-order chi connectivity index (χ1) is 9.35. The molecule has 6 nitrogen and oxygen atoms in total. The van der Waals surface area contributed by atoms with Crippen LogP contribution in [0.25, 0.3) is 0 Å². The van der Waals surface area contributed by atoms with Crippen LogP contribution in [0.3, 0.4) is 0 Å². The van der Waals surface area contributed by atoms with Gasteiger partial charge in [0.25, 0.3) is 0 Å². The van der Waals surface area contributed by atoms with E-state index in [4.69, 9.17) is 18.8 Å². The molecule has 0 radical (unpaired) electrons. The molecule has 0 N–H and O–H groups in total. The Hall–Kier alpha value is -1.34. The van der Waals surface area contributed by atoms with E-state index in [0.717, 1.165) is 0 Å². The lowest BCUT2D eigenvalue weighted by molar-refractivity contribution is -0.167. The predicted molar refractivity (Wildman–Crippen MR) is 73.0 cm³/mol. The van der Waals surface area contributed by atoms with Crippen molar-refractivity contribution in [1.29, 1.82) is 0 Å². The summed E-state index contributed by atoms with van der Waals surface area (Å²) < 4.78 is 21.0. The number of carbonyl (C=O) groups is 2. The Morgan fingerprint density at radius 1 is 1.10 bits per heavy atom. The molecule has 2 atom stereocenters. The van der Waals surface area contributed by atoms with Crippen LogP contribution in [0.1, 0.15) is 27.7 Å². The summed E-state index contributed by atoms with van der Waals surface area (Å²) >= 11 is 0. The number of esters is 2. The van der Waals surface area contributed by atoms with Crippen LogP contribution in [0.4, 0.5) is 0 Å². The fourth-order valence-corrected chi connectivity index (χ4v) is 1.71. The summed E-state index contributed by atoms with van der Waals surface area (Å²) in [7, 11) is -0.693. The molecule has 1 rings (SSSR count). The second kappa shape index (κ2) is 7.45. The van der Waals surface area contributed by atoms with Crippen LogP contribution in [0.2, 0.25) is 6.32 Å². The van der Waals surface area contributed by atoms with Gasteiger partial charge in [0.15, 0.2) is 12.2 Å². The quantitative estimate of drug-likeness (QED) is 0.416. The summed E-state index contributed by atoms with van der Waals surface area (Å²) in [6, 6.07) is 0. The molecule has 0 spiro atoms. The maximum absolute atomic E-state index is 11.9. The van der Waals surface area contributed by atoms with E-state index in [2.05, 4.69) is 6.58 Å². The minimum atomic E-state index is -1.10. The topological polar surface area (TPSA) is 71.1 Å². The SMILES string of the molecule is C=CCB1O[C@H](C(=O)OC(C)C)[C@@H](C(=O)OC(C)C)O1. The molecular formula is C13H21BO6. The zero-order valence-corrected chi connectivity index (χ0v) is 12.3. The van der Waals surface area contributed by atoms with Gasteiger partial charge in [0.1, 0.15) is 0 Å². The molecule has 112 valence electrons. The van der Waals surface area contributed by atoms with Gasteiger partial charge in [-0.05, 0) is 27.7 Å². The minimum Gasteiger partial charge on any atom is -0.461 e. The van der Waals surface area contributed by atoms with E-state index < -0.39 is 31.3 Å². The molecule has 0 amide bonds. The van der Waals surface area contributed by atoms with Crippen molar-refractivity contribution in [3.05, 3.63) is 12.7 Å². The highest BCUT2D eigenvalue weighted by molar-refractivity contribution is 6.46. The van der Waals surface area contributed by atoms with Crippen LogP contribution >= 0.6 is 0 Å². The Bertz CT molecular complexity index is 338. The maximum Gasteiger partial charge on any atom is 0.462 e. The molecule has 0 saturated carbocycles. The fraction of sp³-hybridized carbons (Fsp3) is 0.692. The van der Waals surface area contributed by atoms with Gasteiger partial charge in [0.2, 0.25) is 0 Å². The summed E-state index contributed by atoms with van der Waals surface area (Å²) in [6.45, 7) is 10.4. The lowest BCUT2D eigenvalue weighted by Crippen LogP contribution is -2.40. The standard InChI is InChI=1S/C13H21BO6/c1-6-7-14-19-10(12(15)17-8(2)3)11(20-14)13(16)18-9(4)5/h6,8-11H,1,7H2,2-5H3/t10-,11-/m0/s1. The molecule has 0 aromatic rings. The van der Waals surface area contributed by atoms with Gasteiger partial charge >= 0.3 is 19.1 Å². The molecule has 0 unspecified atom stereocenters. The molecule has 1 aliphatic heterocycles. The third-order valence-corrected chi connectivity index (χ3v) is 2.40. The predicted octanol–water partition coefficient (Wildman–Crippen LogP) is 1.35. The molecule has 0 aromatic carbocycles. The van der Waals surface area contributed by atoms with Crippen LogP contribution in [0, 0.1) is 0 Å². The number of hydrogen-bond donors (Lipinski definition) is 0. The fourth-order valence-electron chi connectivity index (χ4n) is 1.71. The molecule has 1 aliphatic rings. The van der Waals surface area contributed by atoms with Crippen molar-refractivity contribution in [2.45, 2.75) is 58.4 Å². The summed E-state index contributed by atoms with van der Waals surface area (Å²) in [5, 5.41) is 0. The Morgan fingerprint density at radius 3 is 1.80 bits per heavy atom. The second-order valence-electron chi connectivity index (χ2n) is 5.04. The Labute approximate surface area is 119 Å². The van der Waals surface area contributed by atoms with Crippen LogP contribution in [0.15, 0.2) is 12.7 Å². The van der Waals surface area contributed by atoms with E-state index >= 15 is 0 Å². The van der Waals surface area contributed by atoms with E-state index in [0.29, 0.717) is 6.32 Å². The third kappa shape index (κ3) is 4.65. The second-order valence-corrected chi connectivity index (χ2v) is 5.04. The molecule has 0 bridgehead atoms. The number of allylic oxidation sites excluding steroid dienone is 1. The van der Waals surface area contributed by atoms with Crippen LogP contribution in [0.5, 0.6) is 0 Å². The van der Waals surface area contributed by atoms with Crippen molar-refractivity contribution in [3.63, 3.8) is 0 Å². The number of hydrogen-bond acceptors (Lipinski definition) is 6. The average Bonchev–Trinajstić information content (AvgIpc) is 2.72. The largest absolute Gasteiger partial charge is 0.462 e. The van der Waals surface area contributed by atoms with Crippen molar-refractivity contribution in [1.82, 2.24) is 0 Å². The monoisotopic (exact) mass is 284 g/mol. The van der Waals surface area contributed by atoms with Crippen LogP contribution in [-0.2, 0) is 28.4 Å². The molecule has 1 saturated heterocycles. The Kier molecular flexibility index (Phi) is 6.23. The minimum absolute atomic E-state index is 0.300. The van der Waals surface area contributed by atoms with E-state index in [-0.39, 0.29) is 12.2 Å². The van der Waals surface area contributed by atoms with Gasteiger partial charge in [-0.1, -0.05) is 6.08 Å². The highest BCUT2D eigenvalue weighted by atomic mass is 16.7. The molecule has 0 aromatic heterocycles. The summed E-state index contributed by atoms with van der Waals surface area (Å²) in [4.78, 5) is 23.9. The summed E-state index contributed by atoms with van der Waals surface area (Å²) in [5.41, 5.74) is 0. The first kappa shape index (κ1) is 16.7. The Morgan fingerprint density at radius 2 is 1.50 bits per heavy atom. The summed E-state index contributed by atoms with van der Waals surface area (Å²) in [5.74, 6) is -1.26. The molecule has 7 heteroatoms. The lowest BCUT2D eigenvalue weighted by Gasteiger charge is -2.18. The van der Waals surface area contributed by atoms with Gasteiger partial charge in [-0.2, -0.15) is 0 Å². The number of ether oxygens (including phenoxy) is 2. The van der Waals surface area contributed by atoms with Gasteiger partial charge in [-0.25, -0.2) is 9.59 Å². The van der Waals surface area contributed by atoms with E-state index in [1.165, 1.54) is 0 Å². The van der Waals surface area contributed by atoms with Gasteiger partial charge in [-0.15, -0.1) is 6.58 Å². The number of rotatable bonds is 6. The van der Waals surface area contributed by atoms with Crippen LogP contribution in [-0.4, -0.2) is 43.5 Å². The zero-order valence-electron chi connectivity index (χ0n) is 12.3. The van der Waals surface area contributed by atoms with Gasteiger partial charge in [0.05, 0.1) is 12.2 Å². The molecule has 1 heterocycles. The van der Waals surface area contributed by atoms with Crippen molar-refractivity contribution in [2.24, 2.45) is 0 Å². The van der Waals surface area contributed by atoms with Gasteiger partial charge in [-0.3, -0.25) is 0 Å². The van der Waals surface area contributed by atoms with Crippen LogP contribution < -0.4 is 0 Å². The normalized spacial score (nSPS) is 22.2. The van der Waals surface area contributed by atoms with Crippen molar-refractivity contribution < 1.29 is 28.4 Å². The average molecular weight is 284 g/mol. The van der Waals surface area contributed by atoms with E-state index in [1.54, 1.807) is 33.8 Å². The maximum atomic E-state index is 11.9. The summed E-state index contributed by atoms with van der Waals surface area (Å²) in [6.07, 6.45) is -0.845. The first-order valence-electron chi connectivity index (χ1n) is 6.68.